The fourth-order valence-electron chi connectivity index (χ4n) is 5.70. The number of methoxy groups -OCH3 is 1. The van der Waals surface area contributed by atoms with Crippen LogP contribution in [0.5, 0.6) is 0 Å². The maximum atomic E-state index is 11.6. The zero-order valence-electron chi connectivity index (χ0n) is 16.6. The van der Waals surface area contributed by atoms with E-state index in [1.807, 2.05) is 19.2 Å². The lowest BCUT2D eigenvalue weighted by atomic mass is 9.62. The number of hydrogen-bond donors (Lipinski definition) is 1. The highest BCUT2D eigenvalue weighted by Gasteiger charge is 2.53. The Bertz CT molecular complexity index is 667. The number of carbonyl (C=O) groups is 1. The van der Waals surface area contributed by atoms with E-state index < -0.39 is 5.91 Å². The molecule has 0 radical (unpaired) electrons. The van der Waals surface area contributed by atoms with Gasteiger partial charge in [-0.15, -0.1) is 12.4 Å². The molecule has 1 saturated carbocycles. The third kappa shape index (κ3) is 3.92. The van der Waals surface area contributed by atoms with Crippen LogP contribution in [-0.2, 0) is 15.1 Å². The summed E-state index contributed by atoms with van der Waals surface area (Å²) in [6.07, 6.45) is 7.60. The average Bonchev–Trinajstić information content (AvgIpc) is 2.68. The first-order valence-corrected chi connectivity index (χ1v) is 10.2. The summed E-state index contributed by atoms with van der Waals surface area (Å²) in [6, 6.07) is 3.86. The summed E-state index contributed by atoms with van der Waals surface area (Å²) in [7, 11) is 1.82. The Morgan fingerprint density at radius 3 is 2.57 bits per heavy atom. The molecule has 0 spiro atoms. The topological polar surface area (TPSA) is 77.7 Å². The van der Waals surface area contributed by atoms with Crippen LogP contribution in [0.2, 0.25) is 0 Å². The summed E-state index contributed by atoms with van der Waals surface area (Å²) >= 11 is 0. The maximum Gasteiger partial charge on any atom is 0.267 e. The fourth-order valence-corrected chi connectivity index (χ4v) is 5.70. The molecule has 3 atom stereocenters. The van der Waals surface area contributed by atoms with Crippen LogP contribution in [0.25, 0.3) is 0 Å². The molecule has 3 heterocycles. The normalized spacial score (nSPS) is 31.2. The molecule has 156 valence electrons. The first-order chi connectivity index (χ1) is 13.1. The van der Waals surface area contributed by atoms with Gasteiger partial charge in [-0.05, 0) is 49.3 Å². The van der Waals surface area contributed by atoms with Gasteiger partial charge in [0, 0.05) is 58.0 Å². The van der Waals surface area contributed by atoms with E-state index in [9.17, 15) is 4.79 Å². The highest BCUT2D eigenvalue weighted by molar-refractivity contribution is 5.90. The molecular formula is C21H32ClN3O3. The highest BCUT2D eigenvalue weighted by atomic mass is 35.5. The molecule has 1 unspecified atom stereocenters. The monoisotopic (exact) mass is 409 g/mol. The van der Waals surface area contributed by atoms with Gasteiger partial charge in [-0.2, -0.15) is 0 Å². The van der Waals surface area contributed by atoms with Crippen molar-refractivity contribution < 1.29 is 14.3 Å². The number of piperidine rings is 1. The number of halogens is 1. The van der Waals surface area contributed by atoms with Crippen molar-refractivity contribution in [1.82, 2.24) is 9.88 Å². The molecule has 4 rings (SSSR count). The number of amides is 1. The number of pyridine rings is 1. The minimum Gasteiger partial charge on any atom is -0.381 e. The Morgan fingerprint density at radius 1 is 1.29 bits per heavy atom. The molecule has 2 aliphatic heterocycles. The second-order valence-corrected chi connectivity index (χ2v) is 8.39. The molecule has 3 aliphatic rings. The number of rotatable bonds is 5. The molecule has 6 nitrogen and oxygen atoms in total. The third-order valence-corrected chi connectivity index (χ3v) is 6.93. The molecule has 3 fully saturated rings. The van der Waals surface area contributed by atoms with Gasteiger partial charge in [-0.25, -0.2) is 0 Å². The first kappa shape index (κ1) is 21.5. The number of hydrogen-bond acceptors (Lipinski definition) is 5. The van der Waals surface area contributed by atoms with Crippen molar-refractivity contribution in [2.24, 2.45) is 23.5 Å². The summed E-state index contributed by atoms with van der Waals surface area (Å²) in [5.74, 6) is 1.12. The van der Waals surface area contributed by atoms with E-state index in [1.54, 1.807) is 6.20 Å². The van der Waals surface area contributed by atoms with Crippen LogP contribution in [0.1, 0.15) is 48.2 Å². The zero-order chi connectivity index (χ0) is 18.9. The first-order valence-electron chi connectivity index (χ1n) is 10.2. The summed E-state index contributed by atoms with van der Waals surface area (Å²) in [6.45, 7) is 5.07. The lowest BCUT2D eigenvalue weighted by molar-refractivity contribution is -0.171. The zero-order valence-corrected chi connectivity index (χ0v) is 17.5. The number of nitrogens with zero attached hydrogens (tertiary/aromatic N) is 2. The minimum absolute atomic E-state index is 0. The van der Waals surface area contributed by atoms with E-state index in [0.717, 1.165) is 50.6 Å². The van der Waals surface area contributed by atoms with Crippen LogP contribution >= 0.6 is 12.4 Å². The van der Waals surface area contributed by atoms with E-state index >= 15 is 0 Å². The Kier molecular flexibility index (Phi) is 6.97. The molecule has 2 bridgehead atoms. The van der Waals surface area contributed by atoms with Gasteiger partial charge >= 0.3 is 0 Å². The molecule has 1 aromatic heterocycles. The fraction of sp³-hybridized carbons (Fsp3) is 0.714. The van der Waals surface area contributed by atoms with Crippen molar-refractivity contribution in [3.05, 3.63) is 29.6 Å². The van der Waals surface area contributed by atoms with Crippen LogP contribution in [0.4, 0.5) is 0 Å². The van der Waals surface area contributed by atoms with Crippen molar-refractivity contribution >= 4 is 18.3 Å². The maximum absolute atomic E-state index is 11.6. The van der Waals surface area contributed by atoms with Crippen LogP contribution in [0, 0.1) is 17.8 Å². The number of primary amides is 1. The molecule has 1 aromatic rings. The predicted molar refractivity (Wildman–Crippen MR) is 110 cm³/mol. The van der Waals surface area contributed by atoms with E-state index in [1.165, 1.54) is 25.8 Å². The SMILES string of the molecule is COC1(c2ccnc(C(N)=O)c2)[C@@H]2CCC[C@H]1CN(CC1CCOCC1)C2.Cl. The number of fused-ring (bicyclic) bond motifs is 2. The van der Waals surface area contributed by atoms with E-state index in [-0.39, 0.29) is 18.0 Å². The predicted octanol–water partition coefficient (Wildman–Crippen LogP) is 2.60. The minimum atomic E-state index is -0.481. The third-order valence-electron chi connectivity index (χ3n) is 6.93. The number of carbonyl (C=O) groups excluding carboxylic acids is 1. The molecule has 2 N–H and O–H groups in total. The standard InChI is InChI=1S/C21H31N3O3.ClH/c1-26-21(16-5-8-23-19(11-16)20(22)25)17-3-2-4-18(21)14-24(13-17)12-15-6-9-27-10-7-15;/h5,8,11,15,17-18H,2-4,6-7,9-10,12-14H2,1H3,(H2,22,25);1H/t17-,18+,21?;. The van der Waals surface area contributed by atoms with Crippen LogP contribution in [-0.4, -0.2) is 55.7 Å². The molecule has 1 amide bonds. The summed E-state index contributed by atoms with van der Waals surface area (Å²) in [5, 5.41) is 0. The van der Waals surface area contributed by atoms with Crippen molar-refractivity contribution in [1.29, 1.82) is 0 Å². The average molecular weight is 410 g/mol. The second kappa shape index (κ2) is 9.08. The lowest BCUT2D eigenvalue weighted by Gasteiger charge is -2.56. The van der Waals surface area contributed by atoms with E-state index in [0.29, 0.717) is 17.5 Å². The second-order valence-electron chi connectivity index (χ2n) is 8.39. The quantitative estimate of drug-likeness (QED) is 0.808. The van der Waals surface area contributed by atoms with Gasteiger partial charge in [0.15, 0.2) is 0 Å². The van der Waals surface area contributed by atoms with Gasteiger partial charge in [0.05, 0.1) is 0 Å². The van der Waals surface area contributed by atoms with Crippen molar-refractivity contribution in [3.63, 3.8) is 0 Å². The van der Waals surface area contributed by atoms with Gasteiger partial charge in [-0.1, -0.05) is 6.42 Å². The van der Waals surface area contributed by atoms with Crippen LogP contribution in [0.3, 0.4) is 0 Å². The summed E-state index contributed by atoms with van der Waals surface area (Å²) in [4.78, 5) is 18.4. The van der Waals surface area contributed by atoms with E-state index in [4.69, 9.17) is 15.2 Å². The number of ether oxygens (including phenoxy) is 2. The van der Waals surface area contributed by atoms with Gasteiger partial charge in [0.25, 0.3) is 5.91 Å². The molecule has 2 saturated heterocycles. The van der Waals surface area contributed by atoms with Gasteiger partial charge in [0.1, 0.15) is 11.3 Å². The Morgan fingerprint density at radius 2 is 1.96 bits per heavy atom. The smallest absolute Gasteiger partial charge is 0.267 e. The summed E-state index contributed by atoms with van der Waals surface area (Å²) in [5.41, 5.74) is 6.53. The van der Waals surface area contributed by atoms with Gasteiger partial charge < -0.3 is 20.1 Å². The Balaban J connectivity index is 0.00000225. The molecule has 0 aromatic carbocycles. The number of aromatic nitrogens is 1. The molecule has 7 heteroatoms. The van der Waals surface area contributed by atoms with Crippen LogP contribution in [0.15, 0.2) is 18.3 Å². The molecular weight excluding hydrogens is 378 g/mol. The van der Waals surface area contributed by atoms with Gasteiger partial charge in [-0.3, -0.25) is 9.78 Å². The van der Waals surface area contributed by atoms with Gasteiger partial charge in [0.2, 0.25) is 0 Å². The van der Waals surface area contributed by atoms with Crippen LogP contribution < -0.4 is 5.73 Å². The largest absolute Gasteiger partial charge is 0.381 e. The Hall–Kier alpha value is -1.21. The number of nitrogens with two attached hydrogens (primary N) is 1. The van der Waals surface area contributed by atoms with E-state index in [2.05, 4.69) is 9.88 Å². The molecule has 28 heavy (non-hydrogen) atoms. The highest BCUT2D eigenvalue weighted by Crippen LogP contribution is 2.51. The van der Waals surface area contributed by atoms with Crippen molar-refractivity contribution in [3.8, 4) is 0 Å². The van der Waals surface area contributed by atoms with Crippen molar-refractivity contribution in [2.75, 3.05) is 40.0 Å². The van der Waals surface area contributed by atoms with Crippen molar-refractivity contribution in [2.45, 2.75) is 37.7 Å². The number of likely N-dealkylation sites (tertiary alicyclic amines) is 1. The Labute approximate surface area is 173 Å². The lowest BCUT2D eigenvalue weighted by Crippen LogP contribution is -2.59. The molecule has 1 aliphatic carbocycles. The summed E-state index contributed by atoms with van der Waals surface area (Å²) < 4.78 is 11.8.